The number of carbonyl (C=O) groups excluding carboxylic acids is 1. The summed E-state index contributed by atoms with van der Waals surface area (Å²) < 4.78 is 5.44. The molecule has 114 valence electrons. The summed E-state index contributed by atoms with van der Waals surface area (Å²) >= 11 is 0. The Balaban J connectivity index is 2.14. The number of rotatable bonds is 3. The zero-order chi connectivity index (χ0) is 15.1. The van der Waals surface area contributed by atoms with E-state index in [0.717, 1.165) is 32.1 Å². The average Bonchev–Trinajstić information content (AvgIpc) is 2.61. The van der Waals surface area contributed by atoms with Crippen molar-refractivity contribution < 1.29 is 14.6 Å². The highest BCUT2D eigenvalue weighted by atomic mass is 16.6. The van der Waals surface area contributed by atoms with Crippen molar-refractivity contribution in [2.24, 2.45) is 17.3 Å². The molecule has 0 aromatic rings. The highest BCUT2D eigenvalue weighted by Crippen LogP contribution is 2.58. The predicted molar refractivity (Wildman–Crippen MR) is 79.2 cm³/mol. The first-order valence-corrected chi connectivity index (χ1v) is 7.71. The van der Waals surface area contributed by atoms with Crippen LogP contribution in [0, 0.1) is 17.3 Å². The number of allylic oxidation sites excluding steroid dienone is 1. The Hall–Kier alpha value is -0.830. The molecule has 20 heavy (non-hydrogen) atoms. The van der Waals surface area contributed by atoms with Crippen molar-refractivity contribution in [2.75, 3.05) is 0 Å². The molecule has 2 saturated carbocycles. The van der Waals surface area contributed by atoms with E-state index in [1.54, 1.807) is 0 Å². The molecule has 0 aromatic carbocycles. The Morgan fingerprint density at radius 3 is 2.75 bits per heavy atom. The minimum absolute atomic E-state index is 0.0354. The Morgan fingerprint density at radius 1 is 1.50 bits per heavy atom. The summed E-state index contributed by atoms with van der Waals surface area (Å²) in [7, 11) is 0. The fraction of sp³-hybridized carbons (Fsp3) is 0.824. The Bertz CT molecular complexity index is 412. The average molecular weight is 280 g/mol. The van der Waals surface area contributed by atoms with E-state index < -0.39 is 5.60 Å². The van der Waals surface area contributed by atoms with Crippen molar-refractivity contribution >= 4 is 5.97 Å². The van der Waals surface area contributed by atoms with E-state index in [1.807, 2.05) is 13.8 Å². The largest absolute Gasteiger partial charge is 0.460 e. The van der Waals surface area contributed by atoms with Gasteiger partial charge in [0.1, 0.15) is 5.60 Å². The van der Waals surface area contributed by atoms with Gasteiger partial charge in [-0.1, -0.05) is 19.1 Å². The third-order valence-electron chi connectivity index (χ3n) is 5.35. The van der Waals surface area contributed by atoms with Gasteiger partial charge in [0, 0.05) is 12.3 Å². The summed E-state index contributed by atoms with van der Waals surface area (Å²) in [5.74, 6) is 0.594. The third kappa shape index (κ3) is 2.78. The zero-order valence-corrected chi connectivity index (χ0v) is 13.2. The molecule has 0 amide bonds. The second-order valence-corrected chi connectivity index (χ2v) is 7.55. The maximum Gasteiger partial charge on any atom is 0.303 e. The number of fused-ring (bicyclic) bond motifs is 1. The SMILES string of the molecule is C=C1CCC(O)C2(C)CCC(CC(C)(C)OC(C)=O)C12. The molecule has 0 bridgehead atoms. The minimum atomic E-state index is -0.440. The summed E-state index contributed by atoms with van der Waals surface area (Å²) in [6, 6.07) is 0. The lowest BCUT2D eigenvalue weighted by molar-refractivity contribution is -0.155. The van der Waals surface area contributed by atoms with Crippen LogP contribution in [0.15, 0.2) is 12.2 Å². The molecule has 0 radical (unpaired) electrons. The molecule has 3 heteroatoms. The van der Waals surface area contributed by atoms with E-state index in [-0.39, 0.29) is 17.5 Å². The van der Waals surface area contributed by atoms with Crippen LogP contribution in [-0.4, -0.2) is 22.8 Å². The fourth-order valence-electron chi connectivity index (χ4n) is 4.62. The molecule has 0 saturated heterocycles. The Labute approximate surface area is 122 Å². The molecule has 0 spiro atoms. The van der Waals surface area contributed by atoms with Crippen molar-refractivity contribution in [3.05, 3.63) is 12.2 Å². The summed E-state index contributed by atoms with van der Waals surface area (Å²) in [5, 5.41) is 10.4. The van der Waals surface area contributed by atoms with Gasteiger partial charge in [0.15, 0.2) is 0 Å². The van der Waals surface area contributed by atoms with Crippen LogP contribution in [-0.2, 0) is 9.53 Å². The number of hydrogen-bond acceptors (Lipinski definition) is 3. The van der Waals surface area contributed by atoms with Crippen LogP contribution in [0.4, 0.5) is 0 Å². The molecule has 0 heterocycles. The standard InChI is InChI=1S/C17H28O3/c1-11-6-7-14(19)17(5)9-8-13(15(11)17)10-16(3,4)20-12(2)18/h13-15,19H,1,6-10H2,2-5H3. The summed E-state index contributed by atoms with van der Waals surface area (Å²) in [5.41, 5.74) is 0.801. The zero-order valence-electron chi connectivity index (χ0n) is 13.2. The molecular weight excluding hydrogens is 252 g/mol. The maximum absolute atomic E-state index is 11.2. The minimum Gasteiger partial charge on any atom is -0.460 e. The van der Waals surface area contributed by atoms with Crippen LogP contribution in [0.25, 0.3) is 0 Å². The normalized spacial score (nSPS) is 37.6. The van der Waals surface area contributed by atoms with Gasteiger partial charge in [-0.2, -0.15) is 0 Å². The molecule has 1 N–H and O–H groups in total. The monoisotopic (exact) mass is 280 g/mol. The number of esters is 1. The topological polar surface area (TPSA) is 46.5 Å². The van der Waals surface area contributed by atoms with Crippen LogP contribution < -0.4 is 0 Å². The quantitative estimate of drug-likeness (QED) is 0.636. The Morgan fingerprint density at radius 2 is 2.15 bits per heavy atom. The second-order valence-electron chi connectivity index (χ2n) is 7.55. The first kappa shape index (κ1) is 15.6. The van der Waals surface area contributed by atoms with Gasteiger partial charge in [-0.15, -0.1) is 0 Å². The lowest BCUT2D eigenvalue weighted by Gasteiger charge is -2.44. The fourth-order valence-corrected chi connectivity index (χ4v) is 4.62. The van der Waals surface area contributed by atoms with Crippen molar-refractivity contribution in [2.45, 2.75) is 71.5 Å². The van der Waals surface area contributed by atoms with Gasteiger partial charge < -0.3 is 9.84 Å². The molecule has 2 aliphatic rings. The molecule has 2 aliphatic carbocycles. The maximum atomic E-state index is 11.2. The highest BCUT2D eigenvalue weighted by molar-refractivity contribution is 5.66. The number of hydrogen-bond donors (Lipinski definition) is 1. The van der Waals surface area contributed by atoms with Crippen LogP contribution in [0.1, 0.15) is 59.8 Å². The number of carbonyl (C=O) groups is 1. The van der Waals surface area contributed by atoms with E-state index in [2.05, 4.69) is 13.5 Å². The number of aliphatic hydroxyl groups is 1. The smallest absolute Gasteiger partial charge is 0.303 e. The van der Waals surface area contributed by atoms with Gasteiger partial charge in [0.05, 0.1) is 6.10 Å². The molecule has 0 aliphatic heterocycles. The van der Waals surface area contributed by atoms with E-state index >= 15 is 0 Å². The predicted octanol–water partition coefficient (Wildman–Crippen LogP) is 3.46. The van der Waals surface area contributed by atoms with Crippen molar-refractivity contribution in [1.82, 2.24) is 0 Å². The molecule has 4 unspecified atom stereocenters. The molecular formula is C17H28O3. The van der Waals surface area contributed by atoms with Crippen molar-refractivity contribution in [3.63, 3.8) is 0 Å². The van der Waals surface area contributed by atoms with Crippen LogP contribution in [0.3, 0.4) is 0 Å². The van der Waals surface area contributed by atoms with Crippen LogP contribution >= 0.6 is 0 Å². The lowest BCUT2D eigenvalue weighted by Crippen LogP contribution is -2.43. The van der Waals surface area contributed by atoms with E-state index in [0.29, 0.717) is 11.8 Å². The van der Waals surface area contributed by atoms with E-state index in [4.69, 9.17) is 4.74 Å². The Kier molecular flexibility index (Phi) is 4.03. The molecule has 2 fully saturated rings. The van der Waals surface area contributed by atoms with Crippen LogP contribution in [0.5, 0.6) is 0 Å². The van der Waals surface area contributed by atoms with Gasteiger partial charge in [0.25, 0.3) is 0 Å². The molecule has 4 atom stereocenters. The van der Waals surface area contributed by atoms with Crippen molar-refractivity contribution in [3.8, 4) is 0 Å². The first-order valence-electron chi connectivity index (χ1n) is 7.71. The van der Waals surface area contributed by atoms with Crippen LogP contribution in [0.2, 0.25) is 0 Å². The van der Waals surface area contributed by atoms with Gasteiger partial charge in [-0.05, 0) is 57.8 Å². The number of aliphatic hydroxyl groups excluding tert-OH is 1. The molecule has 2 rings (SSSR count). The molecule has 3 nitrogen and oxygen atoms in total. The van der Waals surface area contributed by atoms with Gasteiger partial charge in [-0.3, -0.25) is 4.79 Å². The van der Waals surface area contributed by atoms with Gasteiger partial charge in [0.2, 0.25) is 0 Å². The molecule has 0 aromatic heterocycles. The first-order chi connectivity index (χ1) is 9.16. The number of ether oxygens (including phenoxy) is 1. The summed E-state index contributed by atoms with van der Waals surface area (Å²) in [6.45, 7) is 11.9. The second kappa shape index (κ2) is 5.18. The lowest BCUT2D eigenvalue weighted by atomic mass is 9.63. The van der Waals surface area contributed by atoms with Gasteiger partial charge in [-0.25, -0.2) is 0 Å². The highest BCUT2D eigenvalue weighted by Gasteiger charge is 2.53. The van der Waals surface area contributed by atoms with Gasteiger partial charge >= 0.3 is 5.97 Å². The third-order valence-corrected chi connectivity index (χ3v) is 5.35. The summed E-state index contributed by atoms with van der Waals surface area (Å²) in [4.78, 5) is 11.2. The van der Waals surface area contributed by atoms with Crippen molar-refractivity contribution in [1.29, 1.82) is 0 Å². The van der Waals surface area contributed by atoms with E-state index in [1.165, 1.54) is 12.5 Å². The van der Waals surface area contributed by atoms with E-state index in [9.17, 15) is 9.90 Å². The summed E-state index contributed by atoms with van der Waals surface area (Å²) in [6.07, 6.45) is 4.51.